The van der Waals surface area contributed by atoms with Crippen LogP contribution in [-0.4, -0.2) is 23.4 Å². The molecule has 1 N–H and O–H groups in total. The van der Waals surface area contributed by atoms with Crippen LogP contribution >= 0.6 is 11.6 Å². The van der Waals surface area contributed by atoms with Gasteiger partial charge in [0.1, 0.15) is 0 Å². The lowest BCUT2D eigenvalue weighted by atomic mass is 10.1. The molecule has 0 aliphatic carbocycles. The largest absolute Gasteiger partial charge is 0.452 e. The van der Waals surface area contributed by atoms with Crippen molar-refractivity contribution in [3.05, 3.63) is 68.7 Å². The zero-order valence-corrected chi connectivity index (χ0v) is 14.1. The van der Waals surface area contributed by atoms with Crippen molar-refractivity contribution < 1.29 is 19.2 Å². The number of hydrogen-bond donors (Lipinski definition) is 1. The van der Waals surface area contributed by atoms with Crippen LogP contribution in [-0.2, 0) is 16.0 Å². The SMILES string of the molecule is CCc1ccccc1NC(=O)COC(=O)c1cc([N+](=O)[O-])ccc1Cl. The molecular weight excluding hydrogens is 348 g/mol. The molecule has 0 atom stereocenters. The average molecular weight is 363 g/mol. The van der Waals surface area contributed by atoms with Crippen LogP contribution in [0.3, 0.4) is 0 Å². The number of carbonyl (C=O) groups excluding carboxylic acids is 2. The molecule has 2 rings (SSSR count). The number of aryl methyl sites for hydroxylation is 1. The van der Waals surface area contributed by atoms with Gasteiger partial charge in [0.15, 0.2) is 6.61 Å². The monoisotopic (exact) mass is 362 g/mol. The van der Waals surface area contributed by atoms with Crippen LogP contribution in [0.5, 0.6) is 0 Å². The van der Waals surface area contributed by atoms with E-state index in [2.05, 4.69) is 5.32 Å². The lowest BCUT2D eigenvalue weighted by molar-refractivity contribution is -0.384. The molecule has 0 saturated heterocycles. The summed E-state index contributed by atoms with van der Waals surface area (Å²) in [5, 5.41) is 13.4. The molecule has 1 amide bonds. The molecule has 0 fully saturated rings. The molecule has 0 bridgehead atoms. The second kappa shape index (κ2) is 8.25. The van der Waals surface area contributed by atoms with Gasteiger partial charge in [-0.05, 0) is 24.1 Å². The first-order valence-electron chi connectivity index (χ1n) is 7.41. The van der Waals surface area contributed by atoms with Crippen molar-refractivity contribution in [3.8, 4) is 0 Å². The summed E-state index contributed by atoms with van der Waals surface area (Å²) in [5.41, 5.74) is 1.12. The Hall–Kier alpha value is -2.93. The fraction of sp³-hybridized carbons (Fsp3) is 0.176. The number of nitro benzene ring substituents is 1. The minimum Gasteiger partial charge on any atom is -0.452 e. The Labute approximate surface area is 148 Å². The topological polar surface area (TPSA) is 98.5 Å². The van der Waals surface area contributed by atoms with Gasteiger partial charge in [-0.25, -0.2) is 4.79 Å². The summed E-state index contributed by atoms with van der Waals surface area (Å²) in [4.78, 5) is 34.1. The molecule has 0 unspecified atom stereocenters. The highest BCUT2D eigenvalue weighted by Gasteiger charge is 2.18. The molecule has 7 nitrogen and oxygen atoms in total. The van der Waals surface area contributed by atoms with Gasteiger partial charge >= 0.3 is 5.97 Å². The van der Waals surface area contributed by atoms with Crippen LogP contribution in [0.4, 0.5) is 11.4 Å². The molecule has 0 heterocycles. The van der Waals surface area contributed by atoms with Crippen molar-refractivity contribution in [3.63, 3.8) is 0 Å². The Balaban J connectivity index is 2.01. The first-order valence-corrected chi connectivity index (χ1v) is 7.79. The number of esters is 1. The molecule has 2 aromatic carbocycles. The molecule has 8 heteroatoms. The number of para-hydroxylation sites is 1. The normalized spacial score (nSPS) is 10.2. The third-order valence-electron chi connectivity index (χ3n) is 3.39. The highest BCUT2D eigenvalue weighted by molar-refractivity contribution is 6.33. The number of benzene rings is 2. The van der Waals surface area contributed by atoms with E-state index in [1.165, 1.54) is 12.1 Å². The smallest absolute Gasteiger partial charge is 0.340 e. The lowest BCUT2D eigenvalue weighted by Crippen LogP contribution is -2.21. The van der Waals surface area contributed by atoms with Crippen molar-refractivity contribution >= 4 is 34.9 Å². The zero-order valence-electron chi connectivity index (χ0n) is 13.3. The number of halogens is 1. The molecule has 0 aliphatic heterocycles. The molecule has 0 radical (unpaired) electrons. The Kier molecular flexibility index (Phi) is 6.08. The van der Waals surface area contributed by atoms with Gasteiger partial charge in [-0.2, -0.15) is 0 Å². The van der Waals surface area contributed by atoms with Crippen LogP contribution in [0.25, 0.3) is 0 Å². The van der Waals surface area contributed by atoms with Crippen LogP contribution in [0, 0.1) is 10.1 Å². The number of nitrogens with one attached hydrogen (secondary N) is 1. The van der Waals surface area contributed by atoms with E-state index in [-0.39, 0.29) is 16.3 Å². The quantitative estimate of drug-likeness (QED) is 0.481. The van der Waals surface area contributed by atoms with Gasteiger partial charge in [0.2, 0.25) is 0 Å². The molecule has 0 spiro atoms. The van der Waals surface area contributed by atoms with E-state index in [9.17, 15) is 19.7 Å². The summed E-state index contributed by atoms with van der Waals surface area (Å²) in [6.07, 6.45) is 0.736. The van der Waals surface area contributed by atoms with E-state index in [1.807, 2.05) is 19.1 Å². The summed E-state index contributed by atoms with van der Waals surface area (Å²) in [6, 6.07) is 10.7. The first kappa shape index (κ1) is 18.4. The number of hydrogen-bond acceptors (Lipinski definition) is 5. The van der Waals surface area contributed by atoms with Gasteiger partial charge in [0, 0.05) is 17.8 Å². The van der Waals surface area contributed by atoms with Crippen molar-refractivity contribution in [2.75, 3.05) is 11.9 Å². The highest BCUT2D eigenvalue weighted by Crippen LogP contribution is 2.23. The van der Waals surface area contributed by atoms with Gasteiger partial charge in [-0.15, -0.1) is 0 Å². The van der Waals surface area contributed by atoms with E-state index in [0.717, 1.165) is 18.1 Å². The van der Waals surface area contributed by atoms with Crippen LogP contribution in [0.1, 0.15) is 22.8 Å². The minimum absolute atomic E-state index is 0.00679. The van der Waals surface area contributed by atoms with E-state index in [4.69, 9.17) is 16.3 Å². The summed E-state index contributed by atoms with van der Waals surface area (Å²) in [6.45, 7) is 1.42. The number of nitro groups is 1. The van der Waals surface area contributed by atoms with Crippen LogP contribution < -0.4 is 5.32 Å². The molecule has 0 aliphatic rings. The Morgan fingerprint density at radius 2 is 1.96 bits per heavy atom. The summed E-state index contributed by atoms with van der Waals surface area (Å²) < 4.78 is 4.89. The molecule has 0 aromatic heterocycles. The average Bonchev–Trinajstić information content (AvgIpc) is 2.60. The van der Waals surface area contributed by atoms with E-state index >= 15 is 0 Å². The van der Waals surface area contributed by atoms with Gasteiger partial charge in [0.05, 0.1) is 15.5 Å². The van der Waals surface area contributed by atoms with Crippen LogP contribution in [0.15, 0.2) is 42.5 Å². The predicted octanol–water partition coefficient (Wildman–Crippen LogP) is 3.61. The Bertz CT molecular complexity index is 822. The van der Waals surface area contributed by atoms with Gasteiger partial charge in [-0.3, -0.25) is 14.9 Å². The Morgan fingerprint density at radius 3 is 2.64 bits per heavy atom. The van der Waals surface area contributed by atoms with E-state index in [0.29, 0.717) is 5.69 Å². The molecular formula is C17H15ClN2O5. The second-order valence-electron chi connectivity index (χ2n) is 5.06. The van der Waals surface area contributed by atoms with Gasteiger partial charge in [0.25, 0.3) is 11.6 Å². The maximum absolute atomic E-state index is 12.0. The number of anilines is 1. The molecule has 130 valence electrons. The first-order chi connectivity index (χ1) is 11.9. The number of nitrogens with zero attached hydrogens (tertiary/aromatic N) is 1. The van der Waals surface area contributed by atoms with Crippen molar-refractivity contribution in [2.24, 2.45) is 0 Å². The zero-order chi connectivity index (χ0) is 18.4. The summed E-state index contributed by atoms with van der Waals surface area (Å²) >= 11 is 5.86. The highest BCUT2D eigenvalue weighted by atomic mass is 35.5. The summed E-state index contributed by atoms with van der Waals surface area (Å²) in [7, 11) is 0. The van der Waals surface area contributed by atoms with E-state index < -0.39 is 23.4 Å². The minimum atomic E-state index is -0.910. The third-order valence-corrected chi connectivity index (χ3v) is 3.72. The maximum Gasteiger partial charge on any atom is 0.340 e. The maximum atomic E-state index is 12.0. The number of amides is 1. The van der Waals surface area contributed by atoms with Crippen molar-refractivity contribution in [2.45, 2.75) is 13.3 Å². The summed E-state index contributed by atoms with van der Waals surface area (Å²) in [5.74, 6) is -1.43. The fourth-order valence-electron chi connectivity index (χ4n) is 2.13. The standard InChI is InChI=1S/C17H15ClN2O5/c1-2-11-5-3-4-6-15(11)19-16(21)10-25-17(22)13-9-12(20(23)24)7-8-14(13)18/h3-9H,2,10H2,1H3,(H,19,21). The number of rotatable bonds is 6. The molecule has 25 heavy (non-hydrogen) atoms. The fourth-order valence-corrected chi connectivity index (χ4v) is 2.32. The second-order valence-corrected chi connectivity index (χ2v) is 5.46. The lowest BCUT2D eigenvalue weighted by Gasteiger charge is -2.10. The number of ether oxygens (including phenoxy) is 1. The predicted molar refractivity (Wildman–Crippen MR) is 92.8 cm³/mol. The van der Waals surface area contributed by atoms with Crippen LogP contribution in [0.2, 0.25) is 5.02 Å². The van der Waals surface area contributed by atoms with Crippen molar-refractivity contribution in [1.82, 2.24) is 0 Å². The molecule has 0 saturated carbocycles. The van der Waals surface area contributed by atoms with Crippen molar-refractivity contribution in [1.29, 1.82) is 0 Å². The van der Waals surface area contributed by atoms with E-state index in [1.54, 1.807) is 12.1 Å². The van der Waals surface area contributed by atoms with Gasteiger partial charge < -0.3 is 10.1 Å². The third kappa shape index (κ3) is 4.77. The number of carbonyl (C=O) groups is 2. The Morgan fingerprint density at radius 1 is 1.24 bits per heavy atom. The molecule has 2 aromatic rings. The number of non-ortho nitro benzene ring substituents is 1. The van der Waals surface area contributed by atoms with Gasteiger partial charge in [-0.1, -0.05) is 36.7 Å².